The molecule has 1 aromatic rings. The predicted molar refractivity (Wildman–Crippen MR) is 66.3 cm³/mol. The van der Waals surface area contributed by atoms with Crippen molar-refractivity contribution in [1.82, 2.24) is 4.90 Å². The standard InChI is InChI=1S/C11H15NS2/c13-11-3-1-10(2-4-11)9-12-5-7-14-8-6-12/h1-4,13H,5-9H2. The van der Waals surface area contributed by atoms with E-state index in [0.717, 1.165) is 11.4 Å². The highest BCUT2D eigenvalue weighted by Gasteiger charge is 2.09. The number of thioether (sulfide) groups is 1. The van der Waals surface area contributed by atoms with Crippen molar-refractivity contribution in [2.24, 2.45) is 0 Å². The molecule has 0 saturated carbocycles. The van der Waals surface area contributed by atoms with Crippen LogP contribution >= 0.6 is 24.4 Å². The summed E-state index contributed by atoms with van der Waals surface area (Å²) < 4.78 is 0. The van der Waals surface area contributed by atoms with Gasteiger partial charge in [0.25, 0.3) is 0 Å². The van der Waals surface area contributed by atoms with E-state index in [4.69, 9.17) is 0 Å². The van der Waals surface area contributed by atoms with Crippen LogP contribution < -0.4 is 0 Å². The Morgan fingerprint density at radius 3 is 2.43 bits per heavy atom. The molecule has 1 fully saturated rings. The van der Waals surface area contributed by atoms with Crippen molar-refractivity contribution in [3.05, 3.63) is 29.8 Å². The van der Waals surface area contributed by atoms with Gasteiger partial charge in [-0.05, 0) is 17.7 Å². The molecular formula is C11H15NS2. The van der Waals surface area contributed by atoms with Crippen LogP contribution in [0, 0.1) is 0 Å². The number of thiol groups is 1. The van der Waals surface area contributed by atoms with Gasteiger partial charge >= 0.3 is 0 Å². The second kappa shape index (κ2) is 5.10. The highest BCUT2D eigenvalue weighted by molar-refractivity contribution is 7.99. The largest absolute Gasteiger partial charge is 0.297 e. The molecule has 0 radical (unpaired) electrons. The summed E-state index contributed by atoms with van der Waals surface area (Å²) in [6, 6.07) is 8.47. The van der Waals surface area contributed by atoms with E-state index in [-0.39, 0.29) is 0 Å². The quantitative estimate of drug-likeness (QED) is 0.771. The van der Waals surface area contributed by atoms with Crippen molar-refractivity contribution in [3.8, 4) is 0 Å². The van der Waals surface area contributed by atoms with Gasteiger partial charge in [-0.15, -0.1) is 12.6 Å². The normalized spacial score (nSPS) is 18.4. The van der Waals surface area contributed by atoms with Gasteiger partial charge < -0.3 is 0 Å². The van der Waals surface area contributed by atoms with E-state index >= 15 is 0 Å². The maximum absolute atomic E-state index is 4.28. The van der Waals surface area contributed by atoms with E-state index in [1.807, 2.05) is 0 Å². The molecule has 14 heavy (non-hydrogen) atoms. The molecule has 1 nitrogen and oxygen atoms in total. The smallest absolute Gasteiger partial charge is 0.0234 e. The fourth-order valence-electron chi connectivity index (χ4n) is 1.62. The third kappa shape index (κ3) is 2.94. The molecule has 0 spiro atoms. The zero-order chi connectivity index (χ0) is 9.80. The molecule has 0 aliphatic carbocycles. The molecule has 0 bridgehead atoms. The third-order valence-electron chi connectivity index (χ3n) is 2.45. The third-order valence-corrected chi connectivity index (χ3v) is 3.69. The van der Waals surface area contributed by atoms with Crippen molar-refractivity contribution < 1.29 is 0 Å². The van der Waals surface area contributed by atoms with E-state index in [9.17, 15) is 0 Å². The van der Waals surface area contributed by atoms with Crippen LogP contribution in [0.5, 0.6) is 0 Å². The Balaban J connectivity index is 1.92. The molecule has 0 amide bonds. The molecule has 0 aromatic heterocycles. The van der Waals surface area contributed by atoms with E-state index in [1.54, 1.807) is 0 Å². The van der Waals surface area contributed by atoms with Gasteiger partial charge in [0.05, 0.1) is 0 Å². The summed E-state index contributed by atoms with van der Waals surface area (Å²) in [4.78, 5) is 3.56. The first kappa shape index (κ1) is 10.4. The molecule has 1 aromatic carbocycles. The minimum absolute atomic E-state index is 1.04. The summed E-state index contributed by atoms with van der Waals surface area (Å²) in [5, 5.41) is 0. The van der Waals surface area contributed by atoms with Crippen molar-refractivity contribution in [2.75, 3.05) is 24.6 Å². The fraction of sp³-hybridized carbons (Fsp3) is 0.455. The number of rotatable bonds is 2. The first-order chi connectivity index (χ1) is 6.84. The van der Waals surface area contributed by atoms with Crippen molar-refractivity contribution in [1.29, 1.82) is 0 Å². The van der Waals surface area contributed by atoms with E-state index < -0.39 is 0 Å². The van der Waals surface area contributed by atoms with E-state index in [0.29, 0.717) is 0 Å². The molecule has 1 saturated heterocycles. The van der Waals surface area contributed by atoms with Gasteiger partial charge in [0.2, 0.25) is 0 Å². The average Bonchev–Trinajstić information content (AvgIpc) is 2.23. The van der Waals surface area contributed by atoms with E-state index in [2.05, 4.69) is 53.6 Å². The molecule has 1 aliphatic rings. The minimum atomic E-state index is 1.04. The van der Waals surface area contributed by atoms with Gasteiger partial charge in [0.1, 0.15) is 0 Å². The van der Waals surface area contributed by atoms with Crippen LogP contribution in [0.15, 0.2) is 29.2 Å². The summed E-state index contributed by atoms with van der Waals surface area (Å²) in [5.74, 6) is 2.56. The maximum Gasteiger partial charge on any atom is 0.0234 e. The zero-order valence-corrected chi connectivity index (χ0v) is 9.86. The number of hydrogen-bond acceptors (Lipinski definition) is 3. The molecule has 0 atom stereocenters. The lowest BCUT2D eigenvalue weighted by atomic mass is 10.2. The Morgan fingerprint density at radius 2 is 1.79 bits per heavy atom. The summed E-state index contributed by atoms with van der Waals surface area (Å²) in [7, 11) is 0. The van der Waals surface area contributed by atoms with Crippen LogP contribution in [-0.2, 0) is 6.54 Å². The van der Waals surface area contributed by atoms with Crippen LogP contribution in [0.25, 0.3) is 0 Å². The molecule has 0 N–H and O–H groups in total. The van der Waals surface area contributed by atoms with Crippen LogP contribution in [0.1, 0.15) is 5.56 Å². The van der Waals surface area contributed by atoms with Gasteiger partial charge in [-0.1, -0.05) is 12.1 Å². The highest BCUT2D eigenvalue weighted by Crippen LogP contribution is 2.14. The predicted octanol–water partition coefficient (Wildman–Crippen LogP) is 2.52. The molecule has 0 unspecified atom stereocenters. The summed E-state index contributed by atoms with van der Waals surface area (Å²) in [6.45, 7) is 3.55. The fourth-order valence-corrected chi connectivity index (χ4v) is 2.75. The van der Waals surface area contributed by atoms with Crippen molar-refractivity contribution >= 4 is 24.4 Å². The molecule has 1 aliphatic heterocycles. The topological polar surface area (TPSA) is 3.24 Å². The lowest BCUT2D eigenvalue weighted by Crippen LogP contribution is -2.31. The maximum atomic E-state index is 4.28. The average molecular weight is 225 g/mol. The van der Waals surface area contributed by atoms with Gasteiger partial charge in [0.15, 0.2) is 0 Å². The first-order valence-corrected chi connectivity index (χ1v) is 6.53. The molecule has 76 valence electrons. The summed E-state index contributed by atoms with van der Waals surface area (Å²) >= 11 is 6.34. The Hall–Kier alpha value is -0.120. The summed E-state index contributed by atoms with van der Waals surface area (Å²) in [5.41, 5.74) is 1.40. The number of benzene rings is 1. The van der Waals surface area contributed by atoms with Gasteiger partial charge in [-0.3, -0.25) is 4.90 Å². The van der Waals surface area contributed by atoms with Crippen molar-refractivity contribution in [3.63, 3.8) is 0 Å². The molecule has 3 heteroatoms. The Bertz CT molecular complexity index is 278. The number of nitrogens with zero attached hydrogens (tertiary/aromatic N) is 1. The molecular weight excluding hydrogens is 210 g/mol. The van der Waals surface area contributed by atoms with Crippen LogP contribution in [0.4, 0.5) is 0 Å². The zero-order valence-electron chi connectivity index (χ0n) is 8.15. The monoisotopic (exact) mass is 225 g/mol. The second-order valence-electron chi connectivity index (χ2n) is 3.55. The summed E-state index contributed by atoms with van der Waals surface area (Å²) in [6.07, 6.45) is 0. The minimum Gasteiger partial charge on any atom is -0.297 e. The van der Waals surface area contributed by atoms with Crippen molar-refractivity contribution in [2.45, 2.75) is 11.4 Å². The SMILES string of the molecule is Sc1ccc(CN2CCSCC2)cc1. The molecule has 1 heterocycles. The Labute approximate surface area is 95.3 Å². The lowest BCUT2D eigenvalue weighted by molar-refractivity contribution is 0.294. The Morgan fingerprint density at radius 1 is 1.14 bits per heavy atom. The van der Waals surface area contributed by atoms with Crippen LogP contribution in [-0.4, -0.2) is 29.5 Å². The van der Waals surface area contributed by atoms with Gasteiger partial charge in [-0.25, -0.2) is 0 Å². The van der Waals surface area contributed by atoms with E-state index in [1.165, 1.54) is 30.2 Å². The number of hydrogen-bond donors (Lipinski definition) is 1. The van der Waals surface area contributed by atoms with Gasteiger partial charge in [0, 0.05) is 36.0 Å². The lowest BCUT2D eigenvalue weighted by Gasteiger charge is -2.26. The Kier molecular flexibility index (Phi) is 3.79. The van der Waals surface area contributed by atoms with Gasteiger partial charge in [-0.2, -0.15) is 11.8 Å². The second-order valence-corrected chi connectivity index (χ2v) is 5.30. The molecule has 2 rings (SSSR count). The van der Waals surface area contributed by atoms with Crippen LogP contribution in [0.2, 0.25) is 0 Å². The first-order valence-electron chi connectivity index (χ1n) is 4.92. The van der Waals surface area contributed by atoms with Crippen LogP contribution in [0.3, 0.4) is 0 Å². The highest BCUT2D eigenvalue weighted by atomic mass is 32.2.